The molecular formula is C21H28N4O. The highest BCUT2D eigenvalue weighted by molar-refractivity contribution is 5.94. The molecule has 138 valence electrons. The second-order valence-electron chi connectivity index (χ2n) is 8.10. The van der Waals surface area contributed by atoms with E-state index in [-0.39, 0.29) is 5.91 Å². The number of aromatic nitrogens is 2. The van der Waals surface area contributed by atoms with Gasteiger partial charge in [-0.3, -0.25) is 9.69 Å². The molecule has 1 unspecified atom stereocenters. The predicted molar refractivity (Wildman–Crippen MR) is 103 cm³/mol. The van der Waals surface area contributed by atoms with Crippen LogP contribution >= 0.6 is 0 Å². The van der Waals surface area contributed by atoms with E-state index in [9.17, 15) is 4.79 Å². The second-order valence-corrected chi connectivity index (χ2v) is 8.10. The van der Waals surface area contributed by atoms with Gasteiger partial charge in [-0.2, -0.15) is 0 Å². The van der Waals surface area contributed by atoms with E-state index in [1.807, 2.05) is 29.2 Å². The van der Waals surface area contributed by atoms with Crippen LogP contribution in [0.25, 0.3) is 11.0 Å². The molecule has 2 aromatic rings. The Bertz CT molecular complexity index is 786. The van der Waals surface area contributed by atoms with Crippen LogP contribution in [0.15, 0.2) is 30.5 Å². The van der Waals surface area contributed by atoms with E-state index in [0.29, 0.717) is 23.3 Å². The monoisotopic (exact) mass is 352 g/mol. The average Bonchev–Trinajstić information content (AvgIpc) is 3.48. The van der Waals surface area contributed by atoms with Crippen molar-refractivity contribution in [2.45, 2.75) is 39.2 Å². The molecule has 0 spiro atoms. The Labute approximate surface area is 155 Å². The number of nitrogens with zero attached hydrogens (tertiary/aromatic N) is 4. The van der Waals surface area contributed by atoms with Gasteiger partial charge in [0.1, 0.15) is 5.69 Å². The fourth-order valence-corrected chi connectivity index (χ4v) is 3.97. The van der Waals surface area contributed by atoms with Crippen molar-refractivity contribution in [2.75, 3.05) is 26.2 Å². The molecule has 0 bridgehead atoms. The van der Waals surface area contributed by atoms with E-state index >= 15 is 0 Å². The first-order valence-corrected chi connectivity index (χ1v) is 9.87. The van der Waals surface area contributed by atoms with Crippen molar-refractivity contribution < 1.29 is 4.79 Å². The lowest BCUT2D eigenvalue weighted by atomic mass is 10.0. The lowest BCUT2D eigenvalue weighted by Gasteiger charge is -2.34. The Balaban J connectivity index is 1.54. The number of rotatable bonds is 4. The molecule has 1 aliphatic carbocycles. The van der Waals surface area contributed by atoms with Crippen molar-refractivity contribution in [1.82, 2.24) is 19.8 Å². The Morgan fingerprint density at radius 1 is 1.23 bits per heavy atom. The zero-order valence-corrected chi connectivity index (χ0v) is 15.8. The highest BCUT2D eigenvalue weighted by atomic mass is 16.2. The van der Waals surface area contributed by atoms with Crippen LogP contribution in [-0.4, -0.2) is 57.9 Å². The molecule has 1 saturated heterocycles. The van der Waals surface area contributed by atoms with Crippen molar-refractivity contribution in [3.05, 3.63) is 36.2 Å². The summed E-state index contributed by atoms with van der Waals surface area (Å²) < 4.78 is 0. The Morgan fingerprint density at radius 2 is 2.08 bits per heavy atom. The Hall–Kier alpha value is -2.01. The minimum Gasteiger partial charge on any atom is -0.336 e. The van der Waals surface area contributed by atoms with Gasteiger partial charge in [-0.1, -0.05) is 13.8 Å². The largest absolute Gasteiger partial charge is 0.336 e. The highest BCUT2D eigenvalue weighted by Crippen LogP contribution is 2.32. The van der Waals surface area contributed by atoms with Gasteiger partial charge in [0.25, 0.3) is 5.91 Å². The second kappa shape index (κ2) is 7.31. The number of pyridine rings is 2. The third kappa shape index (κ3) is 3.73. The molecule has 2 fully saturated rings. The summed E-state index contributed by atoms with van der Waals surface area (Å²) in [6, 6.07) is 8.08. The third-order valence-corrected chi connectivity index (χ3v) is 5.68. The Kier molecular flexibility index (Phi) is 4.90. The van der Waals surface area contributed by atoms with Gasteiger partial charge in [-0.05, 0) is 55.4 Å². The number of hydrogen-bond acceptors (Lipinski definition) is 4. The molecule has 2 aromatic heterocycles. The zero-order valence-electron chi connectivity index (χ0n) is 15.8. The number of carbonyl (C=O) groups is 1. The summed E-state index contributed by atoms with van der Waals surface area (Å²) in [4.78, 5) is 26.6. The van der Waals surface area contributed by atoms with Gasteiger partial charge < -0.3 is 4.90 Å². The van der Waals surface area contributed by atoms with Gasteiger partial charge in [-0.15, -0.1) is 0 Å². The van der Waals surface area contributed by atoms with Gasteiger partial charge in [0.2, 0.25) is 0 Å². The molecule has 0 aromatic carbocycles. The molecule has 0 N–H and O–H groups in total. The number of fused-ring (bicyclic) bond motifs is 1. The lowest BCUT2D eigenvalue weighted by Crippen LogP contribution is -2.46. The summed E-state index contributed by atoms with van der Waals surface area (Å²) in [5, 5.41) is 0.968. The minimum atomic E-state index is 0.0384. The standard InChI is InChI=1S/C21H28N4O/c1-15(2)19-14-25(12-4-11-24(19)13-16-6-7-16)21(26)18-9-8-17-5-3-10-22-20(17)23-18/h3,5,8-10,15-16,19H,4,6-7,11-14H2,1-2H3. The minimum absolute atomic E-state index is 0.0384. The quantitative estimate of drug-likeness (QED) is 0.848. The first kappa shape index (κ1) is 17.4. The number of hydrogen-bond donors (Lipinski definition) is 0. The van der Waals surface area contributed by atoms with Crippen LogP contribution < -0.4 is 0 Å². The molecule has 3 heterocycles. The van der Waals surface area contributed by atoms with E-state index in [1.54, 1.807) is 6.20 Å². The third-order valence-electron chi connectivity index (χ3n) is 5.68. The van der Waals surface area contributed by atoms with Crippen LogP contribution in [0.3, 0.4) is 0 Å². The van der Waals surface area contributed by atoms with E-state index in [1.165, 1.54) is 19.4 Å². The van der Waals surface area contributed by atoms with Crippen LogP contribution in [-0.2, 0) is 0 Å². The van der Waals surface area contributed by atoms with Crippen LogP contribution in [0.2, 0.25) is 0 Å². The first-order valence-electron chi connectivity index (χ1n) is 9.87. The van der Waals surface area contributed by atoms with Crippen LogP contribution in [0.5, 0.6) is 0 Å². The molecule has 4 rings (SSSR count). The summed E-state index contributed by atoms with van der Waals surface area (Å²) in [6.45, 7) is 8.45. The van der Waals surface area contributed by atoms with E-state index < -0.39 is 0 Å². The van der Waals surface area contributed by atoms with Crippen molar-refractivity contribution in [2.24, 2.45) is 11.8 Å². The normalized spacial score (nSPS) is 22.0. The summed E-state index contributed by atoms with van der Waals surface area (Å²) in [5.74, 6) is 1.46. The van der Waals surface area contributed by atoms with Gasteiger partial charge in [0.15, 0.2) is 5.65 Å². The van der Waals surface area contributed by atoms with Crippen LogP contribution in [0, 0.1) is 11.8 Å². The maximum absolute atomic E-state index is 13.1. The van der Waals surface area contributed by atoms with Crippen LogP contribution in [0.4, 0.5) is 0 Å². The van der Waals surface area contributed by atoms with Crippen molar-refractivity contribution in [3.8, 4) is 0 Å². The highest BCUT2D eigenvalue weighted by Gasteiger charge is 2.33. The summed E-state index contributed by atoms with van der Waals surface area (Å²) in [5.41, 5.74) is 1.15. The zero-order chi connectivity index (χ0) is 18.1. The predicted octanol–water partition coefficient (Wildman–Crippen LogP) is 3.21. The topological polar surface area (TPSA) is 49.3 Å². The number of carbonyl (C=O) groups excluding carboxylic acids is 1. The maximum atomic E-state index is 13.1. The van der Waals surface area contributed by atoms with Gasteiger partial charge in [0.05, 0.1) is 0 Å². The summed E-state index contributed by atoms with van der Waals surface area (Å²) >= 11 is 0. The fourth-order valence-electron chi connectivity index (χ4n) is 3.97. The summed E-state index contributed by atoms with van der Waals surface area (Å²) in [7, 11) is 0. The molecule has 1 atom stereocenters. The smallest absolute Gasteiger partial charge is 0.272 e. The lowest BCUT2D eigenvalue weighted by molar-refractivity contribution is 0.0699. The van der Waals surface area contributed by atoms with Gasteiger partial charge in [-0.25, -0.2) is 9.97 Å². The molecule has 5 nitrogen and oxygen atoms in total. The Morgan fingerprint density at radius 3 is 2.85 bits per heavy atom. The number of amides is 1. The molecular weight excluding hydrogens is 324 g/mol. The van der Waals surface area contributed by atoms with Gasteiger partial charge in [0, 0.05) is 43.8 Å². The molecule has 5 heteroatoms. The average molecular weight is 352 g/mol. The van der Waals surface area contributed by atoms with E-state index in [2.05, 4.69) is 28.7 Å². The molecule has 1 aliphatic heterocycles. The molecule has 1 saturated carbocycles. The van der Waals surface area contributed by atoms with Crippen molar-refractivity contribution >= 4 is 16.9 Å². The fraction of sp³-hybridized carbons (Fsp3) is 0.571. The molecule has 0 radical (unpaired) electrons. The van der Waals surface area contributed by atoms with Crippen molar-refractivity contribution in [3.63, 3.8) is 0 Å². The summed E-state index contributed by atoms with van der Waals surface area (Å²) in [6.07, 6.45) is 5.50. The van der Waals surface area contributed by atoms with E-state index in [4.69, 9.17) is 0 Å². The van der Waals surface area contributed by atoms with Gasteiger partial charge >= 0.3 is 0 Å². The van der Waals surface area contributed by atoms with Crippen LogP contribution in [0.1, 0.15) is 43.6 Å². The molecule has 26 heavy (non-hydrogen) atoms. The maximum Gasteiger partial charge on any atom is 0.272 e. The first-order chi connectivity index (χ1) is 12.6. The molecule has 2 aliphatic rings. The molecule has 1 amide bonds. The van der Waals surface area contributed by atoms with E-state index in [0.717, 1.165) is 37.4 Å². The van der Waals surface area contributed by atoms with Crippen molar-refractivity contribution in [1.29, 1.82) is 0 Å². The SMILES string of the molecule is CC(C)C1CN(C(=O)c2ccc3cccnc3n2)CCCN1CC1CC1.